The van der Waals surface area contributed by atoms with E-state index in [1.165, 1.54) is 24.9 Å². The Bertz CT molecular complexity index is 550. The Morgan fingerprint density at radius 1 is 1.30 bits per heavy atom. The van der Waals surface area contributed by atoms with Gasteiger partial charge in [0.15, 0.2) is 5.96 Å². The van der Waals surface area contributed by atoms with Crippen molar-refractivity contribution in [3.8, 4) is 5.75 Å². The van der Waals surface area contributed by atoms with Gasteiger partial charge in [0.2, 0.25) is 0 Å². The molecule has 2 unspecified atom stereocenters. The SMILES string of the molecule is CCNC(=NCC1CCCN(C)C1)NCCC(C)c1ccc(OC)cc1.I. The number of nitrogens with one attached hydrogen (secondary N) is 2. The number of likely N-dealkylation sites (tertiary alicyclic amines) is 1. The average molecular weight is 488 g/mol. The standard InChI is InChI=1S/C21H36N4O.HI/c1-5-22-21(24-15-18-7-6-14-25(3)16-18)23-13-12-17(2)19-8-10-20(26-4)11-9-19;/h8-11,17-18H,5-7,12-16H2,1-4H3,(H2,22,23,24);1H. The summed E-state index contributed by atoms with van der Waals surface area (Å²) in [6, 6.07) is 8.38. The van der Waals surface area contributed by atoms with E-state index in [4.69, 9.17) is 9.73 Å². The van der Waals surface area contributed by atoms with Gasteiger partial charge in [-0.3, -0.25) is 4.99 Å². The molecule has 2 N–H and O–H groups in total. The van der Waals surface area contributed by atoms with Crippen LogP contribution in [0, 0.1) is 5.92 Å². The zero-order chi connectivity index (χ0) is 18.8. The van der Waals surface area contributed by atoms with Gasteiger partial charge in [-0.05, 0) is 69.3 Å². The monoisotopic (exact) mass is 488 g/mol. The predicted molar refractivity (Wildman–Crippen MR) is 126 cm³/mol. The number of nitrogens with zero attached hydrogens (tertiary/aromatic N) is 2. The predicted octanol–water partition coefficient (Wildman–Crippen LogP) is 3.70. The number of hydrogen-bond acceptors (Lipinski definition) is 3. The van der Waals surface area contributed by atoms with E-state index in [1.54, 1.807) is 7.11 Å². The number of hydrogen-bond donors (Lipinski definition) is 2. The fourth-order valence-corrected chi connectivity index (χ4v) is 3.49. The molecular weight excluding hydrogens is 451 g/mol. The van der Waals surface area contributed by atoms with Crippen LogP contribution in [0.4, 0.5) is 0 Å². The van der Waals surface area contributed by atoms with Crippen LogP contribution in [0.1, 0.15) is 44.6 Å². The van der Waals surface area contributed by atoms with Crippen molar-refractivity contribution in [2.45, 2.75) is 39.0 Å². The van der Waals surface area contributed by atoms with E-state index in [1.807, 2.05) is 12.1 Å². The van der Waals surface area contributed by atoms with Crippen LogP contribution in [0.3, 0.4) is 0 Å². The summed E-state index contributed by atoms with van der Waals surface area (Å²) in [6.45, 7) is 9.50. The number of ether oxygens (including phenoxy) is 1. The Morgan fingerprint density at radius 2 is 2.04 bits per heavy atom. The summed E-state index contributed by atoms with van der Waals surface area (Å²) in [7, 11) is 3.91. The van der Waals surface area contributed by atoms with E-state index in [0.717, 1.165) is 44.3 Å². The van der Waals surface area contributed by atoms with E-state index >= 15 is 0 Å². The number of methoxy groups -OCH3 is 1. The second kappa shape index (κ2) is 13.2. The van der Waals surface area contributed by atoms with Gasteiger partial charge in [0.05, 0.1) is 7.11 Å². The molecule has 1 aliphatic rings. The topological polar surface area (TPSA) is 48.9 Å². The lowest BCUT2D eigenvalue weighted by Gasteiger charge is -2.28. The highest BCUT2D eigenvalue weighted by molar-refractivity contribution is 14.0. The molecule has 0 saturated carbocycles. The maximum Gasteiger partial charge on any atom is 0.191 e. The first-order valence-electron chi connectivity index (χ1n) is 9.97. The largest absolute Gasteiger partial charge is 0.497 e. The van der Waals surface area contributed by atoms with Crippen molar-refractivity contribution in [2.75, 3.05) is 46.9 Å². The first-order chi connectivity index (χ1) is 12.6. The van der Waals surface area contributed by atoms with Crippen molar-refractivity contribution in [1.29, 1.82) is 0 Å². The minimum atomic E-state index is 0. The molecule has 0 bridgehead atoms. The number of piperidine rings is 1. The van der Waals surface area contributed by atoms with Crippen LogP contribution in [-0.4, -0.2) is 57.7 Å². The van der Waals surface area contributed by atoms with Crippen molar-refractivity contribution in [1.82, 2.24) is 15.5 Å². The molecule has 1 heterocycles. The van der Waals surface area contributed by atoms with Crippen molar-refractivity contribution in [3.63, 3.8) is 0 Å². The normalized spacial score (nSPS) is 19.1. The maximum atomic E-state index is 5.23. The second-order valence-corrected chi connectivity index (χ2v) is 7.38. The van der Waals surface area contributed by atoms with E-state index < -0.39 is 0 Å². The van der Waals surface area contributed by atoms with Crippen LogP contribution in [0.15, 0.2) is 29.3 Å². The quantitative estimate of drug-likeness (QED) is 0.333. The number of aliphatic imine (C=N–C) groups is 1. The summed E-state index contributed by atoms with van der Waals surface area (Å²) < 4.78 is 5.23. The molecular formula is C21H37IN4O. The van der Waals surface area contributed by atoms with Gasteiger partial charge >= 0.3 is 0 Å². The highest BCUT2D eigenvalue weighted by Gasteiger charge is 2.16. The van der Waals surface area contributed by atoms with Crippen molar-refractivity contribution in [3.05, 3.63) is 29.8 Å². The fraction of sp³-hybridized carbons (Fsp3) is 0.667. The van der Waals surface area contributed by atoms with Gasteiger partial charge in [0, 0.05) is 26.2 Å². The second-order valence-electron chi connectivity index (χ2n) is 7.38. The molecule has 154 valence electrons. The molecule has 2 atom stereocenters. The van der Waals surface area contributed by atoms with E-state index in [0.29, 0.717) is 11.8 Å². The molecule has 1 saturated heterocycles. The molecule has 0 aliphatic carbocycles. The van der Waals surface area contributed by atoms with Gasteiger partial charge in [-0.2, -0.15) is 0 Å². The number of rotatable bonds is 8. The summed E-state index contributed by atoms with van der Waals surface area (Å²) in [5.41, 5.74) is 1.35. The molecule has 0 amide bonds. The van der Waals surface area contributed by atoms with Crippen LogP contribution in [-0.2, 0) is 0 Å². The molecule has 0 radical (unpaired) electrons. The molecule has 1 fully saturated rings. The Kier molecular flexibility index (Phi) is 11.7. The minimum absolute atomic E-state index is 0. The van der Waals surface area contributed by atoms with E-state index in [2.05, 4.69) is 48.6 Å². The third-order valence-corrected chi connectivity index (χ3v) is 5.13. The summed E-state index contributed by atoms with van der Waals surface area (Å²) in [4.78, 5) is 7.23. The van der Waals surface area contributed by atoms with Gasteiger partial charge in [-0.25, -0.2) is 0 Å². The smallest absolute Gasteiger partial charge is 0.191 e. The van der Waals surface area contributed by atoms with Crippen LogP contribution < -0.4 is 15.4 Å². The van der Waals surface area contributed by atoms with Crippen molar-refractivity contribution in [2.24, 2.45) is 10.9 Å². The molecule has 5 nitrogen and oxygen atoms in total. The molecule has 2 rings (SSSR count). The highest BCUT2D eigenvalue weighted by atomic mass is 127. The average Bonchev–Trinajstić information content (AvgIpc) is 2.66. The fourth-order valence-electron chi connectivity index (χ4n) is 3.49. The lowest BCUT2D eigenvalue weighted by atomic mass is 9.98. The Labute approximate surface area is 182 Å². The van der Waals surface area contributed by atoms with E-state index in [9.17, 15) is 0 Å². The third kappa shape index (κ3) is 8.68. The highest BCUT2D eigenvalue weighted by Crippen LogP contribution is 2.21. The first kappa shape index (κ1) is 24.0. The Balaban J connectivity index is 0.00000364. The third-order valence-electron chi connectivity index (χ3n) is 5.13. The summed E-state index contributed by atoms with van der Waals surface area (Å²) >= 11 is 0. The molecule has 6 heteroatoms. The van der Waals surface area contributed by atoms with Crippen LogP contribution >= 0.6 is 24.0 Å². The molecule has 0 aromatic heterocycles. The summed E-state index contributed by atoms with van der Waals surface area (Å²) in [5.74, 6) is 3.04. The van der Waals surface area contributed by atoms with E-state index in [-0.39, 0.29) is 24.0 Å². The zero-order valence-corrected chi connectivity index (χ0v) is 19.7. The van der Waals surface area contributed by atoms with Crippen molar-refractivity contribution < 1.29 is 4.74 Å². The van der Waals surface area contributed by atoms with Crippen LogP contribution in [0.25, 0.3) is 0 Å². The summed E-state index contributed by atoms with van der Waals surface area (Å²) in [5, 5.41) is 6.87. The number of benzene rings is 1. The van der Waals surface area contributed by atoms with Gasteiger partial charge in [0.1, 0.15) is 5.75 Å². The minimum Gasteiger partial charge on any atom is -0.497 e. The molecule has 0 spiro atoms. The lowest BCUT2D eigenvalue weighted by Crippen LogP contribution is -2.39. The van der Waals surface area contributed by atoms with Gasteiger partial charge in [0.25, 0.3) is 0 Å². The van der Waals surface area contributed by atoms with Crippen molar-refractivity contribution >= 4 is 29.9 Å². The molecule has 1 aromatic rings. The van der Waals surface area contributed by atoms with Crippen LogP contribution in [0.5, 0.6) is 5.75 Å². The Hall–Kier alpha value is -1.02. The molecule has 1 aliphatic heterocycles. The maximum absolute atomic E-state index is 5.23. The summed E-state index contributed by atoms with van der Waals surface area (Å²) in [6.07, 6.45) is 3.66. The first-order valence-corrected chi connectivity index (χ1v) is 9.97. The van der Waals surface area contributed by atoms with Gasteiger partial charge in [-0.1, -0.05) is 19.1 Å². The Morgan fingerprint density at radius 3 is 2.67 bits per heavy atom. The van der Waals surface area contributed by atoms with Crippen LogP contribution in [0.2, 0.25) is 0 Å². The number of halogens is 1. The molecule has 27 heavy (non-hydrogen) atoms. The van der Waals surface area contributed by atoms with Gasteiger partial charge < -0.3 is 20.3 Å². The molecule has 1 aromatic carbocycles. The van der Waals surface area contributed by atoms with Gasteiger partial charge in [-0.15, -0.1) is 24.0 Å². The lowest BCUT2D eigenvalue weighted by molar-refractivity contribution is 0.214. The number of guanidine groups is 1. The zero-order valence-electron chi connectivity index (χ0n) is 17.3.